The SMILES string of the molecule is O=[C](O)[Zn].[CaH2]. The van der Waals surface area contributed by atoms with E-state index in [9.17, 15) is 0 Å². The Hall–Kier alpha value is 1.35. The van der Waals surface area contributed by atoms with E-state index in [1.807, 2.05) is 0 Å². The van der Waals surface area contributed by atoms with Crippen molar-refractivity contribution in [1.29, 1.82) is 0 Å². The predicted octanol–water partition coefficient (Wildman–Crippen LogP) is -0.705. The molecule has 0 aliphatic rings. The summed E-state index contributed by atoms with van der Waals surface area (Å²) in [6.45, 7) is 0. The van der Waals surface area contributed by atoms with E-state index in [0.29, 0.717) is 18.3 Å². The van der Waals surface area contributed by atoms with Crippen molar-refractivity contribution in [1.82, 2.24) is 0 Å². The summed E-state index contributed by atoms with van der Waals surface area (Å²) >= 11 is 0.347. The second-order valence-electron chi connectivity index (χ2n) is 0.394. The van der Waals surface area contributed by atoms with E-state index >= 15 is 0 Å². The summed E-state index contributed by atoms with van der Waals surface area (Å²) in [6.07, 6.45) is 0. The Balaban J connectivity index is 0. The Morgan fingerprint density at radius 1 is 1.80 bits per heavy atom. The van der Waals surface area contributed by atoms with Crippen LogP contribution >= 0.6 is 0 Å². The molecule has 0 spiro atoms. The molecule has 5 heavy (non-hydrogen) atoms. The van der Waals surface area contributed by atoms with Crippen LogP contribution in [-0.2, 0) is 18.3 Å². The molecule has 0 aliphatic carbocycles. The van der Waals surface area contributed by atoms with Crippen LogP contribution in [0.5, 0.6) is 0 Å². The molecule has 4 heteroatoms. The summed E-state index contributed by atoms with van der Waals surface area (Å²) in [5.41, 5.74) is 0. The zero-order chi connectivity index (χ0) is 3.58. The van der Waals surface area contributed by atoms with Gasteiger partial charge in [0.1, 0.15) is 0 Å². The average molecular weight is 153 g/mol. The predicted molar refractivity (Wildman–Crippen MR) is 16.6 cm³/mol. The first-order valence-electron chi connectivity index (χ1n) is 0.781. The molecule has 0 unspecified atom stereocenters. The minimum atomic E-state index is -0.708. The molecule has 0 amide bonds. The van der Waals surface area contributed by atoms with Gasteiger partial charge in [0, 0.05) is 0 Å². The number of hydrogen-bond acceptors (Lipinski definition) is 1. The second-order valence-corrected chi connectivity index (χ2v) is 1.66. The van der Waals surface area contributed by atoms with Gasteiger partial charge < -0.3 is 0 Å². The summed E-state index contributed by atoms with van der Waals surface area (Å²) in [5.74, 6) is 0. The minimum absolute atomic E-state index is 0. The Labute approximate surface area is 69.6 Å². The fourth-order valence-electron chi connectivity index (χ4n) is 0. The van der Waals surface area contributed by atoms with E-state index in [1.165, 1.54) is 0 Å². The summed E-state index contributed by atoms with van der Waals surface area (Å²) in [4.78, 5) is 9.06. The van der Waals surface area contributed by atoms with Gasteiger partial charge >= 0.3 is 70.5 Å². The fraction of sp³-hybridized carbons (Fsp3) is 0. The van der Waals surface area contributed by atoms with Gasteiger partial charge in [-0.2, -0.15) is 0 Å². The zero-order valence-corrected chi connectivity index (χ0v) is 5.03. The molecule has 0 radical (unpaired) electrons. The number of carbonyl (C=O) groups is 1. The fourth-order valence-corrected chi connectivity index (χ4v) is 0. The molecule has 0 aliphatic heterocycles. The molecule has 0 rings (SSSR count). The van der Waals surface area contributed by atoms with Gasteiger partial charge in [0.15, 0.2) is 0 Å². The van der Waals surface area contributed by atoms with Gasteiger partial charge in [-0.15, -0.1) is 0 Å². The third-order valence-electron chi connectivity index (χ3n) is 0. The average Bonchev–Trinajstić information content (AvgIpc) is 0.811. The van der Waals surface area contributed by atoms with E-state index < -0.39 is 4.56 Å². The van der Waals surface area contributed by atoms with Gasteiger partial charge in [-0.25, -0.2) is 0 Å². The molecule has 23 valence electrons. The van der Waals surface area contributed by atoms with E-state index in [1.54, 1.807) is 0 Å². The summed E-state index contributed by atoms with van der Waals surface area (Å²) in [7, 11) is 0. The quantitative estimate of drug-likeness (QED) is 0.466. The van der Waals surface area contributed by atoms with Crippen molar-refractivity contribution in [3.05, 3.63) is 0 Å². The molecular formula is CH3CaO2Zn. The van der Waals surface area contributed by atoms with Crippen molar-refractivity contribution in [2.45, 2.75) is 0 Å². The van der Waals surface area contributed by atoms with Gasteiger partial charge in [0.25, 0.3) is 0 Å². The van der Waals surface area contributed by atoms with Crippen LogP contribution in [0.3, 0.4) is 0 Å². The van der Waals surface area contributed by atoms with E-state index in [4.69, 9.17) is 9.90 Å². The Morgan fingerprint density at radius 3 is 1.80 bits per heavy atom. The molecule has 0 aromatic carbocycles. The first-order chi connectivity index (χ1) is 1.73. The van der Waals surface area contributed by atoms with E-state index in [-0.39, 0.29) is 37.7 Å². The standard InChI is InChI=1S/CHO2.Ca.Zn.2H/c2-1-3;;;;/h(H,2,3);;;;. The summed E-state index contributed by atoms with van der Waals surface area (Å²) in [5, 5.41) is 7.47. The molecule has 0 fully saturated rings. The van der Waals surface area contributed by atoms with E-state index in [0.717, 1.165) is 0 Å². The van der Waals surface area contributed by atoms with Crippen LogP contribution in [0, 0.1) is 0 Å². The molecule has 0 saturated carbocycles. The van der Waals surface area contributed by atoms with Crippen LogP contribution in [0.2, 0.25) is 0 Å². The third-order valence-corrected chi connectivity index (χ3v) is 0. The van der Waals surface area contributed by atoms with Crippen molar-refractivity contribution in [3.63, 3.8) is 0 Å². The van der Waals surface area contributed by atoms with Gasteiger partial charge in [0.05, 0.1) is 0 Å². The molecule has 0 aromatic rings. The Kier molecular flexibility index (Phi) is 10.3. The molecule has 0 bridgehead atoms. The Morgan fingerprint density at radius 2 is 1.80 bits per heavy atom. The third kappa shape index (κ3) is 32.9. The van der Waals surface area contributed by atoms with Crippen molar-refractivity contribution in [2.75, 3.05) is 0 Å². The van der Waals surface area contributed by atoms with E-state index in [2.05, 4.69) is 0 Å². The second kappa shape index (κ2) is 5.35. The van der Waals surface area contributed by atoms with Crippen molar-refractivity contribution < 1.29 is 28.2 Å². The molecule has 0 atom stereocenters. The van der Waals surface area contributed by atoms with Gasteiger partial charge in [-0.05, 0) is 0 Å². The molecule has 2 nitrogen and oxygen atoms in total. The first-order valence-corrected chi connectivity index (χ1v) is 2.26. The van der Waals surface area contributed by atoms with Crippen molar-refractivity contribution >= 4 is 42.3 Å². The normalized spacial score (nSPS) is 5.20. The van der Waals surface area contributed by atoms with Crippen LogP contribution in [0.25, 0.3) is 0 Å². The molecule has 0 heterocycles. The van der Waals surface area contributed by atoms with Crippen LogP contribution in [0.1, 0.15) is 0 Å². The van der Waals surface area contributed by atoms with Gasteiger partial charge in [-0.3, -0.25) is 0 Å². The maximum atomic E-state index is 9.06. The molecule has 1 N–H and O–H groups in total. The summed E-state index contributed by atoms with van der Waals surface area (Å²) < 4.78 is -0.708. The van der Waals surface area contributed by atoms with Crippen molar-refractivity contribution in [2.24, 2.45) is 0 Å². The molecule has 0 saturated heterocycles. The van der Waals surface area contributed by atoms with Gasteiger partial charge in [-0.1, -0.05) is 0 Å². The monoisotopic (exact) mass is 151 g/mol. The van der Waals surface area contributed by atoms with Gasteiger partial charge in [0.2, 0.25) is 0 Å². The Bertz CT molecular complexity index is 32.6. The maximum absolute atomic E-state index is 9.06. The zero-order valence-electron chi connectivity index (χ0n) is 2.06. The first kappa shape index (κ1) is 9.61. The number of rotatable bonds is 0. The van der Waals surface area contributed by atoms with Crippen molar-refractivity contribution in [3.8, 4) is 0 Å². The summed E-state index contributed by atoms with van der Waals surface area (Å²) in [6, 6.07) is 0. The van der Waals surface area contributed by atoms with Crippen LogP contribution < -0.4 is 0 Å². The van der Waals surface area contributed by atoms with Crippen LogP contribution in [0.4, 0.5) is 4.79 Å². The molecule has 0 aromatic heterocycles. The van der Waals surface area contributed by atoms with Crippen LogP contribution in [0.15, 0.2) is 0 Å². The van der Waals surface area contributed by atoms with Crippen LogP contribution in [-0.4, -0.2) is 47.4 Å². The molecular weight excluding hydrogens is 149 g/mol. The number of hydrogen-bond donors (Lipinski definition) is 1. The number of carboxylic acid groups (broad SMARTS) is 1. The topological polar surface area (TPSA) is 37.3 Å².